The molecule has 1 aliphatic heterocycles. The van der Waals surface area contributed by atoms with Crippen LogP contribution in [0.15, 0.2) is 35.4 Å². The van der Waals surface area contributed by atoms with Gasteiger partial charge in [0.1, 0.15) is 5.82 Å². The Bertz CT molecular complexity index is 590. The van der Waals surface area contributed by atoms with Crippen LogP contribution in [-0.4, -0.2) is 46.3 Å². The zero-order valence-corrected chi connectivity index (χ0v) is 10.4. The standard InChI is InChI=1S/C12H14N6O/c19-12-15-11(9-14-16-12)18-7-5-17(6-8-18)10-3-1-2-4-13-10/h1-4,9H,5-8H2,(H,15,16,19). The molecule has 0 amide bonds. The maximum absolute atomic E-state index is 11.1. The SMILES string of the molecule is O=c1nc(N2CCN(c3ccccn3)CC2)cn[nH]1. The first kappa shape index (κ1) is 11.6. The van der Waals surface area contributed by atoms with Crippen molar-refractivity contribution < 1.29 is 0 Å². The summed E-state index contributed by atoms with van der Waals surface area (Å²) in [4.78, 5) is 23.7. The summed E-state index contributed by atoms with van der Waals surface area (Å²) in [7, 11) is 0. The van der Waals surface area contributed by atoms with Gasteiger partial charge in [-0.1, -0.05) is 6.07 Å². The Balaban J connectivity index is 1.68. The van der Waals surface area contributed by atoms with Crippen LogP contribution in [0.4, 0.5) is 11.6 Å². The minimum Gasteiger partial charge on any atom is -0.353 e. The number of H-pyrrole nitrogens is 1. The second-order valence-corrected chi connectivity index (χ2v) is 4.31. The van der Waals surface area contributed by atoms with Gasteiger partial charge in [-0.3, -0.25) is 0 Å². The minimum atomic E-state index is -0.412. The van der Waals surface area contributed by atoms with Gasteiger partial charge in [0.05, 0.1) is 6.20 Å². The summed E-state index contributed by atoms with van der Waals surface area (Å²) < 4.78 is 0. The number of nitrogens with zero attached hydrogens (tertiary/aromatic N) is 5. The molecule has 0 aliphatic carbocycles. The lowest BCUT2D eigenvalue weighted by molar-refractivity contribution is 0.637. The van der Waals surface area contributed by atoms with E-state index in [0.717, 1.165) is 32.0 Å². The van der Waals surface area contributed by atoms with Gasteiger partial charge in [0, 0.05) is 32.4 Å². The van der Waals surface area contributed by atoms with Crippen LogP contribution in [0.2, 0.25) is 0 Å². The number of pyridine rings is 1. The van der Waals surface area contributed by atoms with Crippen LogP contribution in [0.25, 0.3) is 0 Å². The number of rotatable bonds is 2. The number of nitrogens with one attached hydrogen (secondary N) is 1. The second-order valence-electron chi connectivity index (χ2n) is 4.31. The maximum Gasteiger partial charge on any atom is 0.363 e. The Morgan fingerprint density at radius 2 is 1.79 bits per heavy atom. The largest absolute Gasteiger partial charge is 0.363 e. The number of aromatic nitrogens is 4. The fourth-order valence-electron chi connectivity index (χ4n) is 2.16. The van der Waals surface area contributed by atoms with E-state index < -0.39 is 5.69 Å². The Labute approximate surface area is 109 Å². The van der Waals surface area contributed by atoms with Gasteiger partial charge in [-0.25, -0.2) is 14.9 Å². The zero-order chi connectivity index (χ0) is 13.1. The number of aromatic amines is 1. The van der Waals surface area contributed by atoms with Crippen molar-refractivity contribution in [3.05, 3.63) is 41.1 Å². The Morgan fingerprint density at radius 3 is 2.42 bits per heavy atom. The monoisotopic (exact) mass is 258 g/mol. The fraction of sp³-hybridized carbons (Fsp3) is 0.333. The summed E-state index contributed by atoms with van der Waals surface area (Å²) in [6.45, 7) is 3.31. The molecule has 3 rings (SSSR count). The number of hydrogen-bond donors (Lipinski definition) is 1. The Kier molecular flexibility index (Phi) is 3.09. The molecule has 0 bridgehead atoms. The molecule has 1 aliphatic rings. The van der Waals surface area contributed by atoms with Crippen LogP contribution in [0.5, 0.6) is 0 Å². The lowest BCUT2D eigenvalue weighted by atomic mass is 10.3. The average molecular weight is 258 g/mol. The molecule has 19 heavy (non-hydrogen) atoms. The van der Waals surface area contributed by atoms with Gasteiger partial charge in [-0.2, -0.15) is 10.1 Å². The van der Waals surface area contributed by atoms with Gasteiger partial charge >= 0.3 is 5.69 Å². The van der Waals surface area contributed by atoms with Crippen molar-refractivity contribution in [3.63, 3.8) is 0 Å². The molecule has 0 radical (unpaired) electrons. The quantitative estimate of drug-likeness (QED) is 0.809. The fourth-order valence-corrected chi connectivity index (χ4v) is 2.16. The van der Waals surface area contributed by atoms with Crippen LogP contribution in [-0.2, 0) is 0 Å². The van der Waals surface area contributed by atoms with Crippen molar-refractivity contribution in [2.24, 2.45) is 0 Å². The van der Waals surface area contributed by atoms with Crippen molar-refractivity contribution >= 4 is 11.6 Å². The van der Waals surface area contributed by atoms with Gasteiger partial charge in [-0.05, 0) is 12.1 Å². The molecule has 1 saturated heterocycles. The van der Waals surface area contributed by atoms with E-state index in [1.807, 2.05) is 18.2 Å². The topological polar surface area (TPSA) is 78.0 Å². The van der Waals surface area contributed by atoms with Gasteiger partial charge in [0.15, 0.2) is 5.82 Å². The highest BCUT2D eigenvalue weighted by Gasteiger charge is 2.19. The highest BCUT2D eigenvalue weighted by Crippen LogP contribution is 2.15. The summed E-state index contributed by atoms with van der Waals surface area (Å²) >= 11 is 0. The van der Waals surface area contributed by atoms with Gasteiger partial charge in [-0.15, -0.1) is 0 Å². The Morgan fingerprint density at radius 1 is 1.05 bits per heavy atom. The molecule has 98 valence electrons. The molecular formula is C12H14N6O. The van der Waals surface area contributed by atoms with E-state index >= 15 is 0 Å². The number of piperazine rings is 1. The molecule has 1 N–H and O–H groups in total. The molecule has 2 aromatic rings. The normalized spacial score (nSPS) is 15.6. The van der Waals surface area contributed by atoms with Crippen molar-refractivity contribution in [3.8, 4) is 0 Å². The van der Waals surface area contributed by atoms with Crippen LogP contribution in [0.1, 0.15) is 0 Å². The van der Waals surface area contributed by atoms with Crippen LogP contribution in [0, 0.1) is 0 Å². The van der Waals surface area contributed by atoms with Crippen molar-refractivity contribution in [2.45, 2.75) is 0 Å². The smallest absolute Gasteiger partial charge is 0.353 e. The summed E-state index contributed by atoms with van der Waals surface area (Å²) in [6.07, 6.45) is 3.38. The molecule has 0 unspecified atom stereocenters. The lowest BCUT2D eigenvalue weighted by Crippen LogP contribution is -2.47. The highest BCUT2D eigenvalue weighted by molar-refractivity contribution is 5.43. The third-order valence-corrected chi connectivity index (χ3v) is 3.13. The molecule has 7 heteroatoms. The van der Waals surface area contributed by atoms with E-state index in [-0.39, 0.29) is 0 Å². The van der Waals surface area contributed by atoms with Gasteiger partial charge in [0.2, 0.25) is 0 Å². The number of anilines is 2. The summed E-state index contributed by atoms with van der Waals surface area (Å²) in [6, 6.07) is 5.89. The Hall–Kier alpha value is -2.44. The van der Waals surface area contributed by atoms with E-state index in [4.69, 9.17) is 0 Å². The maximum atomic E-state index is 11.1. The predicted octanol–water partition coefficient (Wildman–Crippen LogP) is -0.114. The van der Waals surface area contributed by atoms with E-state index in [9.17, 15) is 4.79 Å². The van der Waals surface area contributed by atoms with E-state index in [0.29, 0.717) is 5.82 Å². The molecule has 3 heterocycles. The first-order valence-electron chi connectivity index (χ1n) is 6.15. The molecule has 0 aromatic carbocycles. The van der Waals surface area contributed by atoms with Crippen molar-refractivity contribution in [1.29, 1.82) is 0 Å². The zero-order valence-electron chi connectivity index (χ0n) is 10.4. The number of hydrogen-bond acceptors (Lipinski definition) is 6. The first-order valence-corrected chi connectivity index (χ1v) is 6.15. The molecule has 1 fully saturated rings. The van der Waals surface area contributed by atoms with Gasteiger partial charge < -0.3 is 9.80 Å². The molecule has 0 saturated carbocycles. The van der Waals surface area contributed by atoms with E-state index in [1.54, 1.807) is 12.4 Å². The van der Waals surface area contributed by atoms with Crippen LogP contribution >= 0.6 is 0 Å². The van der Waals surface area contributed by atoms with Crippen molar-refractivity contribution in [1.82, 2.24) is 20.2 Å². The molecule has 2 aromatic heterocycles. The third-order valence-electron chi connectivity index (χ3n) is 3.13. The summed E-state index contributed by atoms with van der Waals surface area (Å²) in [5.41, 5.74) is -0.412. The van der Waals surface area contributed by atoms with E-state index in [2.05, 4.69) is 30.0 Å². The first-order chi connectivity index (χ1) is 9.33. The lowest BCUT2D eigenvalue weighted by Gasteiger charge is -2.35. The average Bonchev–Trinajstić information content (AvgIpc) is 2.48. The van der Waals surface area contributed by atoms with E-state index in [1.165, 1.54) is 0 Å². The van der Waals surface area contributed by atoms with Crippen LogP contribution < -0.4 is 15.5 Å². The van der Waals surface area contributed by atoms with Gasteiger partial charge in [0.25, 0.3) is 0 Å². The molecule has 0 atom stereocenters. The minimum absolute atomic E-state index is 0.412. The van der Waals surface area contributed by atoms with Crippen LogP contribution in [0.3, 0.4) is 0 Å². The molecule has 0 spiro atoms. The van der Waals surface area contributed by atoms with Crippen molar-refractivity contribution in [2.75, 3.05) is 36.0 Å². The second kappa shape index (κ2) is 5.05. The third kappa shape index (κ3) is 2.54. The molecule has 7 nitrogen and oxygen atoms in total. The summed E-state index contributed by atoms with van der Waals surface area (Å²) in [5, 5.41) is 6.05. The highest BCUT2D eigenvalue weighted by atomic mass is 16.1. The molecular weight excluding hydrogens is 244 g/mol. The predicted molar refractivity (Wildman–Crippen MR) is 71.3 cm³/mol. The summed E-state index contributed by atoms with van der Waals surface area (Å²) in [5.74, 6) is 1.61.